The molecule has 0 aliphatic carbocycles. The summed E-state index contributed by atoms with van der Waals surface area (Å²) in [5, 5.41) is 0. The van der Waals surface area contributed by atoms with Gasteiger partial charge in [0.1, 0.15) is 0 Å². The summed E-state index contributed by atoms with van der Waals surface area (Å²) in [6.07, 6.45) is 4.08. The first-order chi connectivity index (χ1) is 5.02. The fourth-order valence-electron chi connectivity index (χ4n) is 0.761. The summed E-state index contributed by atoms with van der Waals surface area (Å²) in [7, 11) is 0. The van der Waals surface area contributed by atoms with Crippen LogP contribution in [0.3, 0.4) is 0 Å². The van der Waals surface area contributed by atoms with E-state index in [9.17, 15) is 0 Å². The van der Waals surface area contributed by atoms with Crippen molar-refractivity contribution >= 4 is 28.8 Å². The van der Waals surface area contributed by atoms with Gasteiger partial charge in [-0.25, -0.2) is 0 Å². The Kier molecular flexibility index (Phi) is 4.97. The summed E-state index contributed by atoms with van der Waals surface area (Å²) >= 11 is 2.42. The third kappa shape index (κ3) is 4.56. The van der Waals surface area contributed by atoms with E-state index in [-0.39, 0.29) is 3.42 Å². The first kappa shape index (κ1) is 11.1. The summed E-state index contributed by atoms with van der Waals surface area (Å²) in [5.74, 6) is 0. The third-order valence-electron chi connectivity index (χ3n) is 1.41. The smallest absolute Gasteiger partial charge is 0.0425 e. The van der Waals surface area contributed by atoms with Crippen molar-refractivity contribution in [1.29, 1.82) is 0 Å². The molecular weight excluding hydrogens is 249 g/mol. The van der Waals surface area contributed by atoms with Crippen LogP contribution in [-0.4, -0.2) is 16.2 Å². The lowest BCUT2D eigenvalue weighted by atomic mass is 10.0. The van der Waals surface area contributed by atoms with Gasteiger partial charge in [0.25, 0.3) is 0 Å². The zero-order chi connectivity index (χ0) is 8.91. The highest BCUT2D eigenvalue weighted by Gasteiger charge is 2.15. The molecule has 0 unspecified atom stereocenters. The van der Waals surface area contributed by atoms with E-state index in [1.807, 2.05) is 13.1 Å². The second kappa shape index (κ2) is 4.91. The van der Waals surface area contributed by atoms with Gasteiger partial charge in [0.15, 0.2) is 0 Å². The molecule has 0 saturated heterocycles. The van der Waals surface area contributed by atoms with Gasteiger partial charge >= 0.3 is 0 Å². The Balaban J connectivity index is 4.33. The van der Waals surface area contributed by atoms with E-state index in [1.165, 1.54) is 5.57 Å². The Morgan fingerprint density at radius 2 is 2.09 bits per heavy atom. The molecule has 0 rings (SSSR count). The maximum atomic E-state index is 4.21. The monoisotopic (exact) mass is 265 g/mol. The quantitative estimate of drug-likeness (QED) is 0.422. The van der Waals surface area contributed by atoms with Gasteiger partial charge in [0.05, 0.1) is 0 Å². The second-order valence-electron chi connectivity index (χ2n) is 2.84. The van der Waals surface area contributed by atoms with Crippen LogP contribution in [0.2, 0.25) is 0 Å². The van der Waals surface area contributed by atoms with Crippen molar-refractivity contribution in [2.24, 2.45) is 4.99 Å². The van der Waals surface area contributed by atoms with Crippen LogP contribution in [0.4, 0.5) is 0 Å². The van der Waals surface area contributed by atoms with E-state index < -0.39 is 0 Å². The molecule has 0 N–H and O–H groups in total. The summed E-state index contributed by atoms with van der Waals surface area (Å²) in [4.78, 5) is 4.21. The zero-order valence-corrected chi connectivity index (χ0v) is 9.84. The lowest BCUT2D eigenvalue weighted by Crippen LogP contribution is -2.14. The number of hydrogen-bond acceptors (Lipinski definition) is 1. The average Bonchev–Trinajstić information content (AvgIpc) is 1.87. The molecule has 2 heteroatoms. The topological polar surface area (TPSA) is 12.4 Å². The van der Waals surface area contributed by atoms with Crippen LogP contribution in [0, 0.1) is 0 Å². The van der Waals surface area contributed by atoms with Crippen LogP contribution >= 0.6 is 22.6 Å². The fourth-order valence-corrected chi connectivity index (χ4v) is 1.21. The van der Waals surface area contributed by atoms with Crippen LogP contribution in [-0.2, 0) is 0 Å². The van der Waals surface area contributed by atoms with Crippen molar-refractivity contribution in [2.45, 2.75) is 31.1 Å². The highest BCUT2D eigenvalue weighted by molar-refractivity contribution is 14.1. The number of rotatable bonds is 3. The van der Waals surface area contributed by atoms with Crippen LogP contribution in [0.25, 0.3) is 0 Å². The van der Waals surface area contributed by atoms with Crippen molar-refractivity contribution in [1.82, 2.24) is 0 Å². The van der Waals surface area contributed by atoms with E-state index >= 15 is 0 Å². The molecule has 0 aliphatic rings. The number of alkyl halides is 1. The SMILES string of the molecule is C/C=C(\C=NCC)C(C)(C)I. The Bertz CT molecular complexity index is 163. The van der Waals surface area contributed by atoms with Crippen molar-refractivity contribution in [3.05, 3.63) is 11.6 Å². The molecule has 0 atom stereocenters. The molecule has 11 heavy (non-hydrogen) atoms. The molecule has 0 spiro atoms. The molecule has 1 nitrogen and oxygen atoms in total. The molecule has 0 aliphatic heterocycles. The van der Waals surface area contributed by atoms with Crippen molar-refractivity contribution < 1.29 is 0 Å². The lowest BCUT2D eigenvalue weighted by Gasteiger charge is -2.16. The first-order valence-electron chi connectivity index (χ1n) is 3.88. The molecular formula is C9H16IN. The molecule has 0 aromatic carbocycles. The molecule has 0 fully saturated rings. The average molecular weight is 265 g/mol. The van der Waals surface area contributed by atoms with Gasteiger partial charge in [0.2, 0.25) is 0 Å². The molecule has 0 heterocycles. The molecule has 0 saturated carbocycles. The van der Waals surface area contributed by atoms with Gasteiger partial charge < -0.3 is 0 Å². The van der Waals surface area contributed by atoms with Gasteiger partial charge in [0, 0.05) is 16.2 Å². The van der Waals surface area contributed by atoms with E-state index in [0.717, 1.165) is 6.54 Å². The first-order valence-corrected chi connectivity index (χ1v) is 4.95. The van der Waals surface area contributed by atoms with Crippen LogP contribution < -0.4 is 0 Å². The van der Waals surface area contributed by atoms with E-state index in [4.69, 9.17) is 0 Å². The molecule has 64 valence electrons. The fraction of sp³-hybridized carbons (Fsp3) is 0.667. The number of allylic oxidation sites excluding steroid dienone is 2. The van der Waals surface area contributed by atoms with Crippen LogP contribution in [0.15, 0.2) is 16.6 Å². The Morgan fingerprint density at radius 3 is 2.36 bits per heavy atom. The molecule has 0 aromatic heterocycles. The zero-order valence-electron chi connectivity index (χ0n) is 7.69. The Labute approximate surface area is 83.1 Å². The number of halogens is 1. The maximum Gasteiger partial charge on any atom is 0.0425 e. The standard InChI is InChI=1S/C9H16IN/c1-5-8(7-11-6-2)9(3,4)10/h5,7H,6H2,1-4H3/b8-5+,11-7?. The highest BCUT2D eigenvalue weighted by atomic mass is 127. The van der Waals surface area contributed by atoms with Crippen molar-refractivity contribution in [3.8, 4) is 0 Å². The third-order valence-corrected chi connectivity index (χ3v) is 2.03. The molecule has 0 radical (unpaired) electrons. The second-order valence-corrected chi connectivity index (χ2v) is 5.54. The maximum absolute atomic E-state index is 4.21. The normalized spacial score (nSPS) is 14.5. The van der Waals surface area contributed by atoms with Gasteiger partial charge in [-0.15, -0.1) is 0 Å². The Hall–Kier alpha value is 0.140. The summed E-state index contributed by atoms with van der Waals surface area (Å²) in [5.41, 5.74) is 1.29. The van der Waals surface area contributed by atoms with Gasteiger partial charge in [-0.05, 0) is 33.3 Å². The lowest BCUT2D eigenvalue weighted by molar-refractivity contribution is 0.912. The highest BCUT2D eigenvalue weighted by Crippen LogP contribution is 2.25. The summed E-state index contributed by atoms with van der Waals surface area (Å²) in [6, 6.07) is 0. The largest absolute Gasteiger partial charge is 0.293 e. The minimum Gasteiger partial charge on any atom is -0.293 e. The van der Waals surface area contributed by atoms with E-state index in [1.54, 1.807) is 0 Å². The Morgan fingerprint density at radius 1 is 1.55 bits per heavy atom. The van der Waals surface area contributed by atoms with Gasteiger partial charge in [-0.3, -0.25) is 4.99 Å². The molecule has 0 amide bonds. The predicted octanol–water partition coefficient (Wildman–Crippen LogP) is 3.24. The number of nitrogens with zero attached hydrogens (tertiary/aromatic N) is 1. The molecule has 0 aromatic rings. The van der Waals surface area contributed by atoms with Crippen LogP contribution in [0.5, 0.6) is 0 Å². The summed E-state index contributed by atoms with van der Waals surface area (Å²) in [6.45, 7) is 9.33. The van der Waals surface area contributed by atoms with E-state index in [0.29, 0.717) is 0 Å². The van der Waals surface area contributed by atoms with E-state index in [2.05, 4.69) is 54.4 Å². The minimum absolute atomic E-state index is 0.200. The van der Waals surface area contributed by atoms with Crippen LogP contribution in [0.1, 0.15) is 27.7 Å². The minimum atomic E-state index is 0.200. The number of aliphatic imine (C=N–C) groups is 1. The van der Waals surface area contributed by atoms with Gasteiger partial charge in [-0.2, -0.15) is 0 Å². The number of hydrogen-bond donors (Lipinski definition) is 0. The molecule has 0 bridgehead atoms. The predicted molar refractivity (Wildman–Crippen MR) is 60.9 cm³/mol. The summed E-state index contributed by atoms with van der Waals surface area (Å²) < 4.78 is 0.200. The van der Waals surface area contributed by atoms with Gasteiger partial charge in [-0.1, -0.05) is 28.7 Å². The van der Waals surface area contributed by atoms with Crippen molar-refractivity contribution in [2.75, 3.05) is 6.54 Å². The van der Waals surface area contributed by atoms with Crippen molar-refractivity contribution in [3.63, 3.8) is 0 Å².